The lowest BCUT2D eigenvalue weighted by atomic mass is 9.56. The summed E-state index contributed by atoms with van der Waals surface area (Å²) in [7, 11) is 3.59. The summed E-state index contributed by atoms with van der Waals surface area (Å²) in [5.41, 5.74) is 0.781. The van der Waals surface area contributed by atoms with Gasteiger partial charge in [0.15, 0.2) is 23.2 Å². The van der Waals surface area contributed by atoms with Gasteiger partial charge in [0.2, 0.25) is 29.1 Å². The van der Waals surface area contributed by atoms with Crippen molar-refractivity contribution in [2.45, 2.75) is 69.6 Å². The molecule has 0 saturated carbocycles. The molecular weight excluding hydrogens is 981 g/mol. The third kappa shape index (κ3) is 7.84. The van der Waals surface area contributed by atoms with Crippen LogP contribution in [0.3, 0.4) is 0 Å². The summed E-state index contributed by atoms with van der Waals surface area (Å²) >= 11 is 0. The summed E-state index contributed by atoms with van der Waals surface area (Å²) in [6.45, 7) is 27.7. The van der Waals surface area contributed by atoms with Gasteiger partial charge in [-0.2, -0.15) is 10.2 Å². The quantitative estimate of drug-likeness (QED) is 0.131. The number of nitrogens with one attached hydrogen (secondary N) is 1. The van der Waals surface area contributed by atoms with Crippen LogP contribution in [0.1, 0.15) is 69.6 Å². The Morgan fingerprint density at radius 2 is 1.00 bits per heavy atom. The first kappa shape index (κ1) is 52.2. The van der Waals surface area contributed by atoms with Crippen molar-refractivity contribution in [2.75, 3.05) is 29.4 Å². The highest BCUT2D eigenvalue weighted by Gasteiger charge is 2.59. The summed E-state index contributed by atoms with van der Waals surface area (Å²) in [4.78, 5) is 76.8. The Hall–Kier alpha value is -9.28. The molecule has 3 aromatic heterocycles. The van der Waals surface area contributed by atoms with E-state index in [0.29, 0.717) is 37.7 Å². The number of hydrogen-bond acceptors (Lipinski definition) is 9. The van der Waals surface area contributed by atoms with Crippen molar-refractivity contribution in [1.82, 2.24) is 30.0 Å². The monoisotopic (exact) mass is 1040 g/mol. The van der Waals surface area contributed by atoms with E-state index in [1.807, 2.05) is 103 Å². The van der Waals surface area contributed by atoms with Crippen LogP contribution in [0.4, 0.5) is 11.6 Å². The van der Waals surface area contributed by atoms with Crippen LogP contribution < -0.4 is 15.1 Å². The SMILES string of the molecule is CC1(C)C2=CCNC(=O)C2(c2ccccc2)Cc2cnoc21.[C-]#[N+]C1=C[C@@]2(c3ccccc3)C(=O)N(c3ccn(C)n3)CC=C2C(C)(C)C1=O.[C-]#[N+]C1=C[C@]2(c3ccccc3)C(=O)N(c3ccn(C)n3)CC=C2C(C)(C)C1=O. The molecule has 16 heteroatoms. The summed E-state index contributed by atoms with van der Waals surface area (Å²) in [6.07, 6.45) is 15.0. The highest BCUT2D eigenvalue weighted by atomic mass is 16.5. The van der Waals surface area contributed by atoms with Crippen molar-refractivity contribution < 1.29 is 28.5 Å². The van der Waals surface area contributed by atoms with Crippen molar-refractivity contribution in [3.63, 3.8) is 0 Å². The first-order valence-corrected chi connectivity index (χ1v) is 25.7. The van der Waals surface area contributed by atoms with E-state index >= 15 is 0 Å². The van der Waals surface area contributed by atoms with Crippen LogP contribution >= 0.6 is 0 Å². The highest BCUT2D eigenvalue weighted by molar-refractivity contribution is 6.15. The van der Waals surface area contributed by atoms with E-state index in [1.165, 1.54) is 0 Å². The van der Waals surface area contributed by atoms with Crippen molar-refractivity contribution in [1.29, 1.82) is 0 Å². The zero-order valence-corrected chi connectivity index (χ0v) is 44.7. The fourth-order valence-corrected chi connectivity index (χ4v) is 12.6. The molecule has 16 nitrogen and oxygen atoms in total. The normalized spacial score (nSPS) is 24.2. The first-order chi connectivity index (χ1) is 37.2. The third-order valence-electron chi connectivity index (χ3n) is 16.3. The van der Waals surface area contributed by atoms with Gasteiger partial charge in [0.1, 0.15) is 22.0 Å². The Labute approximate surface area is 452 Å². The molecule has 3 atom stereocenters. The molecule has 0 bridgehead atoms. The fourth-order valence-electron chi connectivity index (χ4n) is 12.6. The molecule has 3 amide bonds. The smallest absolute Gasteiger partial charge is 0.245 e. The number of fused-ring (bicyclic) bond motifs is 4. The molecule has 6 heterocycles. The minimum absolute atomic E-state index is 0.00206. The van der Waals surface area contributed by atoms with Gasteiger partial charge in [0.25, 0.3) is 0 Å². The van der Waals surface area contributed by atoms with Crippen molar-refractivity contribution in [2.24, 2.45) is 24.9 Å². The number of allylic oxidation sites excluding steroid dienone is 2. The Kier molecular flexibility index (Phi) is 12.8. The average Bonchev–Trinajstić information content (AvgIpc) is 4.34. The second-order valence-corrected chi connectivity index (χ2v) is 21.9. The molecule has 3 aliphatic carbocycles. The van der Waals surface area contributed by atoms with Gasteiger partial charge in [-0.3, -0.25) is 33.5 Å². The van der Waals surface area contributed by atoms with Gasteiger partial charge in [-0.1, -0.05) is 154 Å². The largest absolute Gasteiger partial charge is 0.360 e. The number of benzene rings is 3. The molecule has 1 unspecified atom stereocenters. The maximum Gasteiger partial charge on any atom is 0.245 e. The molecule has 12 rings (SSSR count). The molecule has 0 radical (unpaired) electrons. The second kappa shape index (κ2) is 19.1. The number of rotatable bonds is 5. The van der Waals surface area contributed by atoms with Gasteiger partial charge in [0, 0.05) is 80.1 Å². The van der Waals surface area contributed by atoms with Crippen molar-refractivity contribution in [3.8, 4) is 0 Å². The van der Waals surface area contributed by atoms with E-state index in [9.17, 15) is 24.0 Å². The molecule has 6 aromatic rings. The number of hydrogen-bond donors (Lipinski definition) is 1. The van der Waals surface area contributed by atoms with Crippen LogP contribution in [0.15, 0.2) is 185 Å². The molecule has 0 saturated heterocycles. The molecule has 3 aliphatic heterocycles. The zero-order chi connectivity index (χ0) is 55.6. The molecular formula is C62H58N10O6. The maximum absolute atomic E-state index is 13.9. The number of amides is 3. The summed E-state index contributed by atoms with van der Waals surface area (Å²) in [5, 5.41) is 15.8. The van der Waals surface area contributed by atoms with E-state index in [4.69, 9.17) is 17.7 Å². The van der Waals surface area contributed by atoms with Crippen LogP contribution in [0.5, 0.6) is 0 Å². The number of ketones is 2. The molecule has 392 valence electrons. The lowest BCUT2D eigenvalue weighted by Gasteiger charge is -2.48. The summed E-state index contributed by atoms with van der Waals surface area (Å²) < 4.78 is 8.80. The minimum atomic E-state index is -1.20. The van der Waals surface area contributed by atoms with E-state index in [2.05, 4.69) is 50.3 Å². The Balaban J connectivity index is 0.000000133. The molecule has 6 aliphatic rings. The van der Waals surface area contributed by atoms with Gasteiger partial charge in [-0.25, -0.2) is 9.69 Å². The number of aryl methyl sites for hydroxylation is 2. The van der Waals surface area contributed by atoms with Gasteiger partial charge < -0.3 is 19.4 Å². The molecule has 0 fully saturated rings. The van der Waals surface area contributed by atoms with E-state index in [1.54, 1.807) is 104 Å². The first-order valence-electron chi connectivity index (χ1n) is 25.7. The van der Waals surface area contributed by atoms with Gasteiger partial charge in [-0.15, -0.1) is 0 Å². The third-order valence-corrected chi connectivity index (χ3v) is 16.3. The number of Topliss-reactive ketones (excluding diaryl/α,β-unsaturated/α-hetero) is 2. The molecule has 0 spiro atoms. The predicted molar refractivity (Wildman–Crippen MR) is 293 cm³/mol. The number of anilines is 2. The van der Waals surface area contributed by atoms with Gasteiger partial charge >= 0.3 is 0 Å². The number of carbonyl (C=O) groups is 5. The van der Waals surface area contributed by atoms with E-state index < -0.39 is 27.1 Å². The maximum atomic E-state index is 13.9. The van der Waals surface area contributed by atoms with Crippen molar-refractivity contribution >= 4 is 40.9 Å². The van der Waals surface area contributed by atoms with Crippen molar-refractivity contribution in [3.05, 3.63) is 231 Å². The minimum Gasteiger partial charge on any atom is -0.360 e. The van der Waals surface area contributed by atoms with Crippen LogP contribution in [0, 0.1) is 24.0 Å². The fraction of sp³-hybridized carbons (Fsp3) is 0.290. The standard InChI is InChI=1S/2C22H20N4O2.C18H18N2O2/c2*1-21(2)17-10-13-26(18-11-12-25(4)24-18)20(28)22(17,14-16(23-3)19(21)27)15-8-6-5-7-9-15;1-17(2)14-8-9-19-16(21)18(14,13-6-4-3-5-7-13)10-12-11-20-22-15(12)17/h2*5-12,14H,13H2,1-2,4H3;3-8,11H,9-10H2,1-2H3,(H,19,21)/t2*22-;/m10./s1. The second-order valence-electron chi connectivity index (χ2n) is 21.9. The summed E-state index contributed by atoms with van der Waals surface area (Å²) in [5.74, 6) is 1.14. The Bertz CT molecular complexity index is 3530. The van der Waals surface area contributed by atoms with Crippen LogP contribution in [-0.4, -0.2) is 73.6 Å². The average molecular weight is 1040 g/mol. The molecule has 3 aromatic carbocycles. The number of aromatic nitrogens is 5. The lowest BCUT2D eigenvalue weighted by Crippen LogP contribution is -2.56. The van der Waals surface area contributed by atoms with Crippen LogP contribution in [-0.2, 0) is 66.1 Å². The molecule has 1 N–H and O–H groups in total. The predicted octanol–water partition coefficient (Wildman–Crippen LogP) is 8.59. The Morgan fingerprint density at radius 3 is 1.41 bits per heavy atom. The summed E-state index contributed by atoms with van der Waals surface area (Å²) in [6, 6.07) is 32.3. The lowest BCUT2D eigenvalue weighted by molar-refractivity contribution is -0.127. The Morgan fingerprint density at radius 1 is 0.564 bits per heavy atom. The van der Waals surface area contributed by atoms with E-state index in [0.717, 1.165) is 44.7 Å². The highest BCUT2D eigenvalue weighted by Crippen LogP contribution is 2.55. The van der Waals surface area contributed by atoms with Gasteiger partial charge in [-0.05, 0) is 53.7 Å². The van der Waals surface area contributed by atoms with Crippen LogP contribution in [0.2, 0.25) is 0 Å². The number of carbonyl (C=O) groups excluding carboxylic acids is 5. The van der Waals surface area contributed by atoms with Crippen LogP contribution in [0.25, 0.3) is 9.69 Å². The van der Waals surface area contributed by atoms with Gasteiger partial charge in [0.05, 0.1) is 19.3 Å². The number of nitrogens with zero attached hydrogens (tertiary/aromatic N) is 9. The molecule has 78 heavy (non-hydrogen) atoms. The zero-order valence-electron chi connectivity index (χ0n) is 44.7. The van der Waals surface area contributed by atoms with E-state index in [-0.39, 0.29) is 46.1 Å². The topological polar surface area (TPSA) is 174 Å².